The Labute approximate surface area is 169 Å². The van der Waals surface area contributed by atoms with Gasteiger partial charge in [0.15, 0.2) is 0 Å². The highest BCUT2D eigenvalue weighted by Gasteiger charge is 2.09. The van der Waals surface area contributed by atoms with Crippen LogP contribution in [0.4, 0.5) is 0 Å². The van der Waals surface area contributed by atoms with Crippen LogP contribution in [0.2, 0.25) is 5.02 Å². The average Bonchev–Trinajstić information content (AvgIpc) is 2.99. The van der Waals surface area contributed by atoms with Crippen LogP contribution in [0.25, 0.3) is 0 Å². The van der Waals surface area contributed by atoms with Crippen molar-refractivity contribution in [1.82, 2.24) is 10.3 Å². The number of rotatable bonds is 8. The van der Waals surface area contributed by atoms with Crippen LogP contribution >= 0.6 is 47.8 Å². The van der Waals surface area contributed by atoms with E-state index < -0.39 is 0 Å². The van der Waals surface area contributed by atoms with Gasteiger partial charge in [-0.15, -0.1) is 36.2 Å². The van der Waals surface area contributed by atoms with Gasteiger partial charge in [0.2, 0.25) is 5.91 Å². The van der Waals surface area contributed by atoms with E-state index in [1.807, 2.05) is 24.4 Å². The van der Waals surface area contributed by atoms with Crippen LogP contribution in [0, 0.1) is 5.92 Å². The largest absolute Gasteiger partial charge is 0.486 e. The molecule has 25 heavy (non-hydrogen) atoms. The zero-order valence-electron chi connectivity index (χ0n) is 13.7. The van der Waals surface area contributed by atoms with Crippen molar-refractivity contribution in [3.05, 3.63) is 45.4 Å². The van der Waals surface area contributed by atoms with Crippen LogP contribution in [0.1, 0.15) is 17.6 Å². The van der Waals surface area contributed by atoms with Crippen LogP contribution in [-0.2, 0) is 17.8 Å². The van der Waals surface area contributed by atoms with E-state index in [1.165, 1.54) is 11.3 Å². The van der Waals surface area contributed by atoms with E-state index in [2.05, 4.69) is 10.3 Å². The Morgan fingerprint density at radius 3 is 2.68 bits per heavy atom. The number of nitrogens with two attached hydrogens (primary N) is 1. The molecule has 3 N–H and O–H groups in total. The summed E-state index contributed by atoms with van der Waals surface area (Å²) in [6.07, 6.45) is 0.273. The molecule has 1 heterocycles. The Morgan fingerprint density at radius 2 is 2.04 bits per heavy atom. The second-order valence-corrected chi connectivity index (χ2v) is 6.68. The van der Waals surface area contributed by atoms with Crippen LogP contribution < -0.4 is 15.8 Å². The van der Waals surface area contributed by atoms with Gasteiger partial charge in [0.05, 0.1) is 12.1 Å². The standard InChI is InChI=1S/C16H20ClN3O2S.2ClH/c1-11(7-18)8-19-15(21)6-13-10-23-16(20-13)9-22-14-4-2-12(17)3-5-14;;/h2-5,10-11H,6-9,18H2,1H3,(H,19,21);2*1H. The Balaban J connectivity index is 0.00000288. The molecule has 0 aliphatic heterocycles. The Hall–Kier alpha value is -1.05. The lowest BCUT2D eigenvalue weighted by Gasteiger charge is -2.09. The summed E-state index contributed by atoms with van der Waals surface area (Å²) in [5.74, 6) is 0.971. The fourth-order valence-corrected chi connectivity index (χ4v) is 2.60. The summed E-state index contributed by atoms with van der Waals surface area (Å²) in [6, 6.07) is 7.17. The topological polar surface area (TPSA) is 77.2 Å². The molecule has 0 spiro atoms. The third kappa shape index (κ3) is 8.74. The maximum atomic E-state index is 11.8. The summed E-state index contributed by atoms with van der Waals surface area (Å²) in [7, 11) is 0. The fraction of sp³-hybridized carbons (Fsp3) is 0.375. The van der Waals surface area contributed by atoms with Gasteiger partial charge in [0.1, 0.15) is 17.4 Å². The molecular weight excluding hydrogens is 405 g/mol. The first-order valence-corrected chi connectivity index (χ1v) is 8.61. The molecule has 0 aliphatic carbocycles. The number of nitrogens with zero attached hydrogens (tertiary/aromatic N) is 1. The summed E-state index contributed by atoms with van der Waals surface area (Å²) in [4.78, 5) is 16.2. The molecule has 140 valence electrons. The van der Waals surface area contributed by atoms with Crippen molar-refractivity contribution in [2.24, 2.45) is 11.7 Å². The number of aromatic nitrogens is 1. The molecule has 9 heteroatoms. The molecule has 0 aliphatic rings. The molecule has 2 aromatic rings. The normalized spacial score (nSPS) is 11.0. The molecule has 1 amide bonds. The van der Waals surface area contributed by atoms with E-state index in [0.29, 0.717) is 24.7 Å². The highest BCUT2D eigenvalue weighted by Crippen LogP contribution is 2.18. The second-order valence-electron chi connectivity index (χ2n) is 5.30. The predicted octanol–water partition coefficient (Wildman–Crippen LogP) is 3.47. The lowest BCUT2D eigenvalue weighted by atomic mass is 10.2. The maximum absolute atomic E-state index is 11.8. The number of ether oxygens (including phenoxy) is 1. The van der Waals surface area contributed by atoms with Crippen LogP contribution in [0.5, 0.6) is 5.75 Å². The quantitative estimate of drug-likeness (QED) is 0.677. The zero-order valence-corrected chi connectivity index (χ0v) is 16.9. The number of hydrogen-bond donors (Lipinski definition) is 2. The van der Waals surface area contributed by atoms with E-state index in [4.69, 9.17) is 22.1 Å². The summed E-state index contributed by atoms with van der Waals surface area (Å²) < 4.78 is 5.63. The summed E-state index contributed by atoms with van der Waals surface area (Å²) >= 11 is 7.31. The van der Waals surface area contributed by atoms with Gasteiger partial charge in [0.25, 0.3) is 0 Å². The predicted molar refractivity (Wildman–Crippen MR) is 107 cm³/mol. The van der Waals surface area contributed by atoms with Crippen molar-refractivity contribution in [3.8, 4) is 5.75 Å². The van der Waals surface area contributed by atoms with Gasteiger partial charge < -0.3 is 15.8 Å². The maximum Gasteiger partial charge on any atom is 0.226 e. The van der Waals surface area contributed by atoms with Gasteiger partial charge in [-0.1, -0.05) is 18.5 Å². The number of carbonyl (C=O) groups excluding carboxylic acids is 1. The van der Waals surface area contributed by atoms with Crippen LogP contribution in [0.3, 0.4) is 0 Å². The van der Waals surface area contributed by atoms with E-state index in [1.54, 1.807) is 12.1 Å². The zero-order chi connectivity index (χ0) is 16.7. The minimum absolute atomic E-state index is 0. The van der Waals surface area contributed by atoms with E-state index in [0.717, 1.165) is 16.5 Å². The molecule has 1 aromatic carbocycles. The number of amides is 1. The molecule has 0 saturated heterocycles. The number of nitrogens with one attached hydrogen (secondary N) is 1. The smallest absolute Gasteiger partial charge is 0.226 e. The fourth-order valence-electron chi connectivity index (χ4n) is 1.77. The van der Waals surface area contributed by atoms with Crippen LogP contribution in [-0.4, -0.2) is 24.0 Å². The van der Waals surface area contributed by atoms with Gasteiger partial charge in [0, 0.05) is 16.9 Å². The molecule has 0 fully saturated rings. The van der Waals surface area contributed by atoms with Crippen molar-refractivity contribution in [2.75, 3.05) is 13.1 Å². The number of hydrogen-bond acceptors (Lipinski definition) is 5. The second kappa shape index (κ2) is 12.3. The third-order valence-corrected chi connectivity index (χ3v) is 4.29. The monoisotopic (exact) mass is 425 g/mol. The molecule has 2 rings (SSSR count). The average molecular weight is 427 g/mol. The van der Waals surface area contributed by atoms with Gasteiger partial charge >= 0.3 is 0 Å². The van der Waals surface area contributed by atoms with Gasteiger partial charge in [-0.3, -0.25) is 4.79 Å². The highest BCUT2D eigenvalue weighted by molar-refractivity contribution is 7.09. The Kier molecular flexibility index (Phi) is 11.8. The molecule has 0 saturated carbocycles. The SMILES string of the molecule is CC(CN)CNC(=O)Cc1csc(COc2ccc(Cl)cc2)n1.Cl.Cl. The van der Waals surface area contributed by atoms with Crippen molar-refractivity contribution in [3.63, 3.8) is 0 Å². The van der Waals surface area contributed by atoms with E-state index >= 15 is 0 Å². The summed E-state index contributed by atoms with van der Waals surface area (Å²) in [5.41, 5.74) is 6.27. The minimum Gasteiger partial charge on any atom is -0.486 e. The third-order valence-electron chi connectivity index (χ3n) is 3.17. The summed E-state index contributed by atoms with van der Waals surface area (Å²) in [6.45, 7) is 3.52. The molecule has 1 atom stereocenters. The first-order valence-electron chi connectivity index (χ1n) is 7.35. The summed E-state index contributed by atoms with van der Waals surface area (Å²) in [5, 5.41) is 6.24. The Morgan fingerprint density at radius 1 is 1.36 bits per heavy atom. The molecular formula is C16H22Cl3N3O2S. The number of benzene rings is 1. The number of thiazole rings is 1. The highest BCUT2D eigenvalue weighted by atomic mass is 35.5. The number of halogens is 3. The molecule has 1 unspecified atom stereocenters. The lowest BCUT2D eigenvalue weighted by Crippen LogP contribution is -2.32. The molecule has 0 radical (unpaired) electrons. The van der Waals surface area contributed by atoms with Gasteiger partial charge in [-0.05, 0) is 36.7 Å². The number of carbonyl (C=O) groups is 1. The molecule has 0 bridgehead atoms. The lowest BCUT2D eigenvalue weighted by molar-refractivity contribution is -0.120. The van der Waals surface area contributed by atoms with Crippen molar-refractivity contribution < 1.29 is 9.53 Å². The Bertz CT molecular complexity index is 638. The minimum atomic E-state index is -0.0410. The van der Waals surface area contributed by atoms with Crippen molar-refractivity contribution >= 4 is 53.7 Å². The van der Waals surface area contributed by atoms with Crippen LogP contribution in [0.15, 0.2) is 29.6 Å². The first-order chi connectivity index (χ1) is 11.1. The van der Waals surface area contributed by atoms with E-state index in [-0.39, 0.29) is 43.1 Å². The molecule has 1 aromatic heterocycles. The van der Waals surface area contributed by atoms with Crippen molar-refractivity contribution in [1.29, 1.82) is 0 Å². The first kappa shape index (κ1) is 23.9. The van der Waals surface area contributed by atoms with Gasteiger partial charge in [-0.25, -0.2) is 4.98 Å². The van der Waals surface area contributed by atoms with E-state index in [9.17, 15) is 4.79 Å². The van der Waals surface area contributed by atoms with Crippen molar-refractivity contribution in [2.45, 2.75) is 20.0 Å². The molecule has 5 nitrogen and oxygen atoms in total. The van der Waals surface area contributed by atoms with Gasteiger partial charge in [-0.2, -0.15) is 0 Å².